The molecule has 0 radical (unpaired) electrons. The van der Waals surface area contributed by atoms with Gasteiger partial charge in [-0.1, -0.05) is 18.2 Å². The molecule has 10 nitrogen and oxygen atoms in total. The van der Waals surface area contributed by atoms with E-state index in [0.717, 1.165) is 28.6 Å². The molecule has 0 bridgehead atoms. The van der Waals surface area contributed by atoms with E-state index in [2.05, 4.69) is 20.4 Å². The summed E-state index contributed by atoms with van der Waals surface area (Å²) in [5.41, 5.74) is 1.84. The molecule has 0 saturated heterocycles. The van der Waals surface area contributed by atoms with Crippen molar-refractivity contribution >= 4 is 33.9 Å². The maximum Gasteiger partial charge on any atom is 0.307 e. The van der Waals surface area contributed by atoms with Gasteiger partial charge >= 0.3 is 5.69 Å². The Morgan fingerprint density at radius 1 is 1.19 bits per heavy atom. The number of hydrogen-bond donors (Lipinski definition) is 1. The zero-order valence-corrected chi connectivity index (χ0v) is 17.0. The summed E-state index contributed by atoms with van der Waals surface area (Å²) in [6, 6.07) is 11.6. The predicted octanol–water partition coefficient (Wildman–Crippen LogP) is 4.08. The van der Waals surface area contributed by atoms with Gasteiger partial charge in [-0.05, 0) is 6.07 Å². The molecule has 1 N–H and O–H groups in total. The van der Waals surface area contributed by atoms with Gasteiger partial charge in [0.2, 0.25) is 11.8 Å². The van der Waals surface area contributed by atoms with Crippen LogP contribution in [-0.2, 0) is 7.05 Å². The monoisotopic (exact) mass is 433 g/mol. The Kier molecular flexibility index (Phi) is 4.43. The first-order valence-corrected chi connectivity index (χ1v) is 9.51. The van der Waals surface area contributed by atoms with Gasteiger partial charge < -0.3 is 14.6 Å². The minimum absolute atomic E-state index is 0.0804. The highest BCUT2D eigenvalue weighted by Crippen LogP contribution is 2.34. The second-order valence-corrected chi connectivity index (χ2v) is 7.03. The number of anilines is 2. The molecule has 0 amide bonds. The third-order valence-corrected chi connectivity index (χ3v) is 5.11. The lowest BCUT2D eigenvalue weighted by Gasteiger charge is -2.12. The molecule has 11 heteroatoms. The fourth-order valence-corrected chi connectivity index (χ4v) is 3.65. The van der Waals surface area contributed by atoms with Crippen LogP contribution < -0.4 is 10.1 Å². The number of hydrogen-bond acceptors (Lipinski definition) is 7. The van der Waals surface area contributed by atoms with Crippen LogP contribution in [0.1, 0.15) is 0 Å². The highest BCUT2D eigenvalue weighted by Gasteiger charge is 2.21. The number of aryl methyl sites for hydroxylation is 1. The molecule has 0 spiro atoms. The number of halogens is 1. The van der Waals surface area contributed by atoms with Crippen LogP contribution in [0.2, 0.25) is 0 Å². The van der Waals surface area contributed by atoms with Gasteiger partial charge in [0.05, 0.1) is 23.9 Å². The molecule has 32 heavy (non-hydrogen) atoms. The largest absolute Gasteiger partial charge is 0.494 e. The molecule has 5 aromatic rings. The van der Waals surface area contributed by atoms with Gasteiger partial charge in [-0.3, -0.25) is 10.1 Å². The lowest BCUT2D eigenvalue weighted by Crippen LogP contribution is -2.06. The number of nitro groups is 1. The van der Waals surface area contributed by atoms with E-state index in [-0.39, 0.29) is 17.4 Å². The predicted molar refractivity (Wildman–Crippen MR) is 116 cm³/mol. The maximum absolute atomic E-state index is 14.0. The summed E-state index contributed by atoms with van der Waals surface area (Å²) < 4.78 is 22.8. The van der Waals surface area contributed by atoms with Crippen molar-refractivity contribution in [3.63, 3.8) is 0 Å². The third-order valence-electron chi connectivity index (χ3n) is 5.11. The first-order valence-electron chi connectivity index (χ1n) is 9.51. The quantitative estimate of drug-likeness (QED) is 0.328. The minimum Gasteiger partial charge on any atom is -0.494 e. The van der Waals surface area contributed by atoms with Crippen LogP contribution in [-0.4, -0.2) is 36.2 Å². The Labute approximate surface area is 180 Å². The van der Waals surface area contributed by atoms with E-state index in [0.29, 0.717) is 11.5 Å². The zero-order valence-electron chi connectivity index (χ0n) is 17.0. The summed E-state index contributed by atoms with van der Waals surface area (Å²) in [5, 5.41) is 19.4. The Morgan fingerprint density at radius 3 is 2.78 bits per heavy atom. The van der Waals surface area contributed by atoms with Crippen molar-refractivity contribution < 1.29 is 14.1 Å². The fraction of sp³-hybridized carbons (Fsp3) is 0.0952. The van der Waals surface area contributed by atoms with Gasteiger partial charge in [0.15, 0.2) is 11.5 Å². The van der Waals surface area contributed by atoms with Gasteiger partial charge in [0, 0.05) is 47.9 Å². The Bertz CT molecular complexity index is 1510. The van der Waals surface area contributed by atoms with Crippen LogP contribution in [0.15, 0.2) is 54.9 Å². The molecule has 3 heterocycles. The number of aromatic nitrogens is 5. The number of nitrogens with zero attached hydrogens (tertiary/aromatic N) is 6. The van der Waals surface area contributed by atoms with Crippen molar-refractivity contribution in [1.82, 2.24) is 24.1 Å². The van der Waals surface area contributed by atoms with Crippen molar-refractivity contribution in [1.29, 1.82) is 0 Å². The molecule has 0 aliphatic carbocycles. The molecule has 0 unspecified atom stereocenters. The number of methoxy groups -OCH3 is 1. The smallest absolute Gasteiger partial charge is 0.307 e. The van der Waals surface area contributed by atoms with E-state index in [1.165, 1.54) is 7.11 Å². The van der Waals surface area contributed by atoms with Crippen LogP contribution in [0.3, 0.4) is 0 Å². The van der Waals surface area contributed by atoms with Crippen LogP contribution in [0, 0.1) is 15.9 Å². The second kappa shape index (κ2) is 7.30. The van der Waals surface area contributed by atoms with Crippen molar-refractivity contribution in [2.45, 2.75) is 0 Å². The van der Waals surface area contributed by atoms with E-state index in [1.54, 1.807) is 16.8 Å². The topological polar surface area (TPSA) is 112 Å². The van der Waals surface area contributed by atoms with Gasteiger partial charge in [-0.2, -0.15) is 24.0 Å². The molecule has 0 aliphatic rings. The van der Waals surface area contributed by atoms with Crippen molar-refractivity contribution in [2.24, 2.45) is 7.05 Å². The van der Waals surface area contributed by atoms with Crippen molar-refractivity contribution in [2.75, 3.05) is 12.4 Å². The molecule has 2 aromatic carbocycles. The number of para-hydroxylation sites is 1. The molecular formula is C21H16FN7O3. The summed E-state index contributed by atoms with van der Waals surface area (Å²) in [7, 11) is 3.28. The van der Waals surface area contributed by atoms with Gasteiger partial charge in [0.1, 0.15) is 5.75 Å². The average molecular weight is 433 g/mol. The molecule has 160 valence electrons. The second-order valence-electron chi connectivity index (χ2n) is 7.03. The number of benzene rings is 2. The third kappa shape index (κ3) is 3.07. The van der Waals surface area contributed by atoms with E-state index in [4.69, 9.17) is 4.74 Å². The standard InChI is InChI=1S/C21H16FN7O3/c1-27-11-13(12-5-3-4-6-16(12)27)20-26-21(25-19-7-8-23-28(19)20)24-15-10-17(29(30)31)14(22)9-18(15)32-2/h3-11H,1-2H3,(H,24,25). The van der Waals surface area contributed by atoms with E-state index < -0.39 is 16.4 Å². The molecule has 0 atom stereocenters. The fourth-order valence-electron chi connectivity index (χ4n) is 3.65. The Hall–Kier alpha value is -4.54. The summed E-state index contributed by atoms with van der Waals surface area (Å²) in [6.07, 6.45) is 3.55. The van der Waals surface area contributed by atoms with Crippen molar-refractivity contribution in [3.8, 4) is 17.1 Å². The molecular weight excluding hydrogens is 417 g/mol. The SMILES string of the molecule is COc1cc(F)c([N+](=O)[O-])cc1Nc1nc(-c2cn(C)c3ccccc23)n2nccc2n1. The summed E-state index contributed by atoms with van der Waals surface area (Å²) in [6.45, 7) is 0. The molecule has 5 rings (SSSR count). The molecule has 0 saturated carbocycles. The van der Waals surface area contributed by atoms with Crippen LogP contribution in [0.25, 0.3) is 27.9 Å². The number of nitrogens with one attached hydrogen (secondary N) is 1. The van der Waals surface area contributed by atoms with E-state index in [1.807, 2.05) is 42.1 Å². The normalized spacial score (nSPS) is 11.2. The summed E-state index contributed by atoms with van der Waals surface area (Å²) >= 11 is 0. The summed E-state index contributed by atoms with van der Waals surface area (Å²) in [4.78, 5) is 19.4. The zero-order chi connectivity index (χ0) is 22.4. The van der Waals surface area contributed by atoms with E-state index >= 15 is 0 Å². The van der Waals surface area contributed by atoms with Crippen LogP contribution in [0.4, 0.5) is 21.7 Å². The van der Waals surface area contributed by atoms with Crippen LogP contribution in [0.5, 0.6) is 5.75 Å². The summed E-state index contributed by atoms with van der Waals surface area (Å²) in [5.74, 6) is -0.243. The molecule has 0 aliphatic heterocycles. The number of nitro benzene ring substituents is 1. The lowest BCUT2D eigenvalue weighted by atomic mass is 10.1. The van der Waals surface area contributed by atoms with Gasteiger partial charge in [-0.15, -0.1) is 0 Å². The number of ether oxygens (including phenoxy) is 1. The number of fused-ring (bicyclic) bond motifs is 2. The highest BCUT2D eigenvalue weighted by molar-refractivity contribution is 5.94. The van der Waals surface area contributed by atoms with Gasteiger partial charge in [0.25, 0.3) is 0 Å². The molecule has 3 aromatic heterocycles. The minimum atomic E-state index is -0.999. The highest BCUT2D eigenvalue weighted by atomic mass is 19.1. The first kappa shape index (κ1) is 19.4. The number of rotatable bonds is 5. The Balaban J connectivity index is 1.68. The maximum atomic E-state index is 14.0. The van der Waals surface area contributed by atoms with Gasteiger partial charge in [-0.25, -0.2) is 0 Å². The molecule has 0 fully saturated rings. The van der Waals surface area contributed by atoms with E-state index in [9.17, 15) is 14.5 Å². The van der Waals surface area contributed by atoms with Crippen LogP contribution >= 0.6 is 0 Å². The lowest BCUT2D eigenvalue weighted by molar-refractivity contribution is -0.387. The first-order chi connectivity index (χ1) is 15.5. The average Bonchev–Trinajstić information content (AvgIpc) is 3.38. The Morgan fingerprint density at radius 2 is 2.00 bits per heavy atom. The van der Waals surface area contributed by atoms with Crippen molar-refractivity contribution in [3.05, 3.63) is 70.8 Å².